The molecule has 0 aliphatic carbocycles. The quantitative estimate of drug-likeness (QED) is 0.316. The molecule has 0 spiro atoms. The second-order valence-corrected chi connectivity index (χ2v) is 6.70. The number of carbonyl (C=O) groups excluding carboxylic acids is 2. The van der Waals surface area contributed by atoms with Crippen molar-refractivity contribution in [1.82, 2.24) is 15.1 Å². The van der Waals surface area contributed by atoms with Gasteiger partial charge in [0.25, 0.3) is 5.91 Å². The highest BCUT2D eigenvalue weighted by atomic mass is 16.6. The zero-order chi connectivity index (χ0) is 20.8. The maximum atomic E-state index is 12.8. The van der Waals surface area contributed by atoms with Gasteiger partial charge in [0.15, 0.2) is 5.78 Å². The van der Waals surface area contributed by atoms with E-state index in [-0.39, 0.29) is 17.9 Å². The average molecular weight is 398 g/mol. The minimum Gasteiger partial charge on any atom is -0.357 e. The molecule has 2 unspecified atom stereocenters. The van der Waals surface area contributed by atoms with Crippen molar-refractivity contribution in [2.24, 2.45) is 0 Å². The second-order valence-electron chi connectivity index (χ2n) is 6.70. The number of hydrogen-bond acceptors (Lipinski definition) is 6. The molecule has 1 saturated heterocycles. The van der Waals surface area contributed by atoms with Crippen molar-refractivity contribution in [1.29, 1.82) is 0 Å². The smallest absolute Gasteiger partial charge is 0.320 e. The van der Waals surface area contributed by atoms with Gasteiger partial charge in [0.05, 0.1) is 11.0 Å². The van der Waals surface area contributed by atoms with Crippen LogP contribution in [0.15, 0.2) is 49.2 Å². The van der Waals surface area contributed by atoms with Crippen molar-refractivity contribution in [2.45, 2.75) is 38.0 Å². The van der Waals surface area contributed by atoms with Crippen LogP contribution in [-0.4, -0.2) is 39.0 Å². The number of nitro groups is 1. The first-order valence-corrected chi connectivity index (χ1v) is 9.37. The van der Waals surface area contributed by atoms with Crippen LogP contribution in [0.1, 0.15) is 52.8 Å². The molecule has 29 heavy (non-hydrogen) atoms. The number of aromatic nitrogens is 2. The van der Waals surface area contributed by atoms with Crippen LogP contribution in [0.5, 0.6) is 0 Å². The largest absolute Gasteiger partial charge is 0.357 e. The van der Waals surface area contributed by atoms with Crippen LogP contribution in [-0.2, 0) is 4.74 Å². The Hall–Kier alpha value is -3.33. The lowest BCUT2D eigenvalue weighted by Gasteiger charge is -2.22. The number of carbonyl (C=O) groups is 2. The molecule has 152 valence electrons. The number of amides is 1. The third kappa shape index (κ3) is 4.75. The summed E-state index contributed by atoms with van der Waals surface area (Å²) in [7, 11) is 0. The Kier molecular flexibility index (Phi) is 6.50. The van der Waals surface area contributed by atoms with Crippen molar-refractivity contribution in [3.05, 3.63) is 70.6 Å². The number of ketones is 1. The van der Waals surface area contributed by atoms with Crippen LogP contribution in [0.3, 0.4) is 0 Å². The number of benzene rings is 1. The van der Waals surface area contributed by atoms with Gasteiger partial charge >= 0.3 is 5.69 Å². The van der Waals surface area contributed by atoms with Crippen molar-refractivity contribution in [3.63, 3.8) is 0 Å². The van der Waals surface area contributed by atoms with Crippen molar-refractivity contribution in [3.8, 4) is 0 Å². The molecule has 2 heterocycles. The topological polar surface area (TPSA) is 116 Å². The summed E-state index contributed by atoms with van der Waals surface area (Å²) in [5, 5.41) is 18.1. The van der Waals surface area contributed by atoms with Crippen LogP contribution in [0, 0.1) is 10.1 Å². The zero-order valence-electron chi connectivity index (χ0n) is 15.8. The highest BCUT2D eigenvalue weighted by Gasteiger charge is 2.31. The lowest BCUT2D eigenvalue weighted by atomic mass is 10.0. The Morgan fingerprint density at radius 1 is 1.38 bits per heavy atom. The van der Waals surface area contributed by atoms with E-state index in [1.165, 1.54) is 17.0 Å². The van der Waals surface area contributed by atoms with Crippen molar-refractivity contribution >= 4 is 17.4 Å². The van der Waals surface area contributed by atoms with E-state index in [1.807, 2.05) is 0 Å². The third-order valence-corrected chi connectivity index (χ3v) is 4.66. The maximum absolute atomic E-state index is 12.8. The van der Waals surface area contributed by atoms with Gasteiger partial charge in [-0.1, -0.05) is 36.4 Å². The summed E-state index contributed by atoms with van der Waals surface area (Å²) < 4.78 is 6.90. The summed E-state index contributed by atoms with van der Waals surface area (Å²) in [5.74, 6) is -1.10. The Morgan fingerprint density at radius 2 is 2.14 bits per heavy atom. The predicted molar refractivity (Wildman–Crippen MR) is 105 cm³/mol. The normalized spacial score (nSPS) is 17.3. The molecule has 0 bridgehead atoms. The van der Waals surface area contributed by atoms with E-state index in [0.29, 0.717) is 18.6 Å². The fourth-order valence-electron chi connectivity index (χ4n) is 3.19. The maximum Gasteiger partial charge on any atom is 0.320 e. The highest BCUT2D eigenvalue weighted by Crippen LogP contribution is 2.26. The van der Waals surface area contributed by atoms with Gasteiger partial charge in [0.1, 0.15) is 12.4 Å². The van der Waals surface area contributed by atoms with Gasteiger partial charge in [0.2, 0.25) is 5.69 Å². The van der Waals surface area contributed by atoms with Crippen LogP contribution < -0.4 is 5.32 Å². The van der Waals surface area contributed by atoms with Gasteiger partial charge in [-0.25, -0.2) is 4.68 Å². The fourth-order valence-corrected chi connectivity index (χ4v) is 3.19. The van der Waals surface area contributed by atoms with Gasteiger partial charge in [-0.3, -0.25) is 19.7 Å². The average Bonchev–Trinajstić information content (AvgIpc) is 3.20. The van der Waals surface area contributed by atoms with Gasteiger partial charge in [-0.15, -0.1) is 6.58 Å². The lowest BCUT2D eigenvalue weighted by Crippen LogP contribution is -2.41. The first-order valence-electron chi connectivity index (χ1n) is 9.37. The Bertz CT molecular complexity index is 903. The predicted octanol–water partition coefficient (Wildman–Crippen LogP) is 3.05. The van der Waals surface area contributed by atoms with Crippen LogP contribution in [0.2, 0.25) is 0 Å². The van der Waals surface area contributed by atoms with Gasteiger partial charge in [0, 0.05) is 12.2 Å². The molecule has 1 aromatic carbocycles. The molecular formula is C20H22N4O5. The second kappa shape index (κ2) is 9.24. The number of nitrogens with zero attached hydrogens (tertiary/aromatic N) is 3. The SMILES string of the molecule is C=CCC(NC(=O)c1nn(C2CCCCO2)cc1[N+](=O)[O-])C(=O)c1ccccc1. The van der Waals surface area contributed by atoms with Crippen LogP contribution in [0.25, 0.3) is 0 Å². The number of hydrogen-bond donors (Lipinski definition) is 1. The summed E-state index contributed by atoms with van der Waals surface area (Å²) in [5.41, 5.74) is -0.351. The zero-order valence-corrected chi connectivity index (χ0v) is 15.8. The number of Topliss-reactive ketones (excluding diaryl/α,β-unsaturated/α-hetero) is 1. The number of rotatable bonds is 8. The van der Waals surface area contributed by atoms with E-state index >= 15 is 0 Å². The van der Waals surface area contributed by atoms with Crippen molar-refractivity contribution < 1.29 is 19.2 Å². The van der Waals surface area contributed by atoms with E-state index in [4.69, 9.17) is 4.74 Å². The molecule has 1 aromatic heterocycles. The molecule has 1 N–H and O–H groups in total. The molecule has 9 nitrogen and oxygen atoms in total. The summed E-state index contributed by atoms with van der Waals surface area (Å²) in [6.07, 6.45) is 4.93. The third-order valence-electron chi connectivity index (χ3n) is 4.66. The molecule has 2 atom stereocenters. The summed E-state index contributed by atoms with van der Waals surface area (Å²) in [6.45, 7) is 4.15. The standard InChI is InChI=1S/C20H22N4O5/c1-2-8-15(19(25)14-9-4-3-5-10-14)21-20(26)18-16(24(27)28)13-23(22-18)17-11-6-7-12-29-17/h2-5,9-10,13,15,17H,1,6-8,11-12H2,(H,21,26). The molecule has 1 aliphatic rings. The number of ether oxygens (including phenoxy) is 1. The summed E-state index contributed by atoms with van der Waals surface area (Å²) in [6, 6.07) is 7.59. The molecule has 9 heteroatoms. The Balaban J connectivity index is 1.83. The molecule has 0 saturated carbocycles. The highest BCUT2D eigenvalue weighted by molar-refractivity contribution is 6.04. The summed E-state index contributed by atoms with van der Waals surface area (Å²) >= 11 is 0. The molecular weight excluding hydrogens is 376 g/mol. The van der Waals surface area contributed by atoms with E-state index in [2.05, 4.69) is 17.0 Å². The molecule has 3 rings (SSSR count). The minimum absolute atomic E-state index is 0.180. The number of nitrogens with one attached hydrogen (secondary N) is 1. The Labute approximate surface area is 167 Å². The van der Waals surface area contributed by atoms with Crippen molar-refractivity contribution in [2.75, 3.05) is 6.61 Å². The van der Waals surface area contributed by atoms with E-state index < -0.39 is 28.8 Å². The molecule has 0 radical (unpaired) electrons. The van der Waals surface area contributed by atoms with Crippen LogP contribution in [0.4, 0.5) is 5.69 Å². The summed E-state index contributed by atoms with van der Waals surface area (Å²) in [4.78, 5) is 36.3. The van der Waals surface area contributed by atoms with Gasteiger partial charge < -0.3 is 10.1 Å². The van der Waals surface area contributed by atoms with E-state index in [0.717, 1.165) is 12.8 Å². The Morgan fingerprint density at radius 3 is 2.76 bits per heavy atom. The fraction of sp³-hybridized carbons (Fsp3) is 0.350. The molecule has 1 aliphatic heterocycles. The first-order chi connectivity index (χ1) is 14.0. The van der Waals surface area contributed by atoms with E-state index in [9.17, 15) is 19.7 Å². The molecule has 1 amide bonds. The molecule has 2 aromatic rings. The molecule has 1 fully saturated rings. The van der Waals surface area contributed by atoms with Gasteiger partial charge in [-0.05, 0) is 25.7 Å². The van der Waals surface area contributed by atoms with E-state index in [1.54, 1.807) is 30.3 Å². The lowest BCUT2D eigenvalue weighted by molar-refractivity contribution is -0.385. The van der Waals surface area contributed by atoms with Gasteiger partial charge in [-0.2, -0.15) is 5.10 Å². The minimum atomic E-state index is -0.905. The monoisotopic (exact) mass is 398 g/mol. The first kappa shape index (κ1) is 20.4. The van der Waals surface area contributed by atoms with Crippen LogP contribution >= 0.6 is 0 Å².